The lowest BCUT2D eigenvalue weighted by Gasteiger charge is -1.99. The number of ether oxygens (including phenoxy) is 1. The van der Waals surface area contributed by atoms with E-state index in [1.807, 2.05) is 0 Å². The zero-order valence-corrected chi connectivity index (χ0v) is 11.8. The van der Waals surface area contributed by atoms with Crippen LogP contribution in [0.15, 0.2) is 29.1 Å². The van der Waals surface area contributed by atoms with E-state index in [-0.39, 0.29) is 5.82 Å². The standard InChI is InChI=1S/C14H11N3O6/c1-23-14(20)9-5-2-8(3-6-9)4-7-10-15-12(18)11(17(21)22)13(19)16-10/h2-7H,1H3,(H2,15,16,18,19)/b7-4-. The summed E-state index contributed by atoms with van der Waals surface area (Å²) in [4.78, 5) is 38.0. The van der Waals surface area contributed by atoms with Crippen molar-refractivity contribution in [1.82, 2.24) is 9.97 Å². The van der Waals surface area contributed by atoms with Crippen molar-refractivity contribution in [2.75, 3.05) is 7.11 Å². The number of aromatic hydroxyl groups is 1. The summed E-state index contributed by atoms with van der Waals surface area (Å²) in [5.74, 6) is -1.47. The van der Waals surface area contributed by atoms with Crippen molar-refractivity contribution in [3.8, 4) is 5.88 Å². The molecule has 0 saturated carbocycles. The first-order chi connectivity index (χ1) is 10.9. The highest BCUT2D eigenvalue weighted by molar-refractivity contribution is 5.89. The Morgan fingerprint density at radius 2 is 2.00 bits per heavy atom. The molecule has 0 aliphatic rings. The van der Waals surface area contributed by atoms with Crippen LogP contribution in [0.1, 0.15) is 21.7 Å². The van der Waals surface area contributed by atoms with Crippen LogP contribution in [0.2, 0.25) is 0 Å². The second-order valence-corrected chi connectivity index (χ2v) is 4.33. The SMILES string of the molecule is COC(=O)c1ccc(/C=C\c2nc(O)c([N+](=O)[O-])c(=O)[nH]2)cc1. The molecule has 118 valence electrons. The smallest absolute Gasteiger partial charge is 0.395 e. The minimum Gasteiger partial charge on any atom is -0.488 e. The molecule has 1 aromatic heterocycles. The molecule has 0 spiro atoms. The minimum absolute atomic E-state index is 0.0462. The Balaban J connectivity index is 2.25. The van der Waals surface area contributed by atoms with Gasteiger partial charge in [-0.3, -0.25) is 14.9 Å². The topological polar surface area (TPSA) is 135 Å². The van der Waals surface area contributed by atoms with Gasteiger partial charge < -0.3 is 14.8 Å². The van der Waals surface area contributed by atoms with Crippen LogP contribution in [0.25, 0.3) is 12.2 Å². The number of aromatic nitrogens is 2. The van der Waals surface area contributed by atoms with Gasteiger partial charge in [-0.1, -0.05) is 18.2 Å². The Morgan fingerprint density at radius 3 is 2.52 bits per heavy atom. The maximum atomic E-state index is 11.5. The van der Waals surface area contributed by atoms with E-state index in [4.69, 9.17) is 0 Å². The number of hydrogen-bond acceptors (Lipinski definition) is 7. The number of nitrogens with zero attached hydrogens (tertiary/aromatic N) is 2. The van der Waals surface area contributed by atoms with Crippen LogP contribution in [0.3, 0.4) is 0 Å². The van der Waals surface area contributed by atoms with Crippen LogP contribution in [-0.4, -0.2) is 33.1 Å². The number of esters is 1. The summed E-state index contributed by atoms with van der Waals surface area (Å²) < 4.78 is 4.57. The van der Waals surface area contributed by atoms with Crippen LogP contribution >= 0.6 is 0 Å². The van der Waals surface area contributed by atoms with E-state index in [1.54, 1.807) is 30.3 Å². The van der Waals surface area contributed by atoms with Gasteiger partial charge in [-0.2, -0.15) is 4.98 Å². The molecule has 0 aliphatic heterocycles. The fraction of sp³-hybridized carbons (Fsp3) is 0.0714. The summed E-state index contributed by atoms with van der Waals surface area (Å²) >= 11 is 0. The third kappa shape index (κ3) is 3.59. The van der Waals surface area contributed by atoms with Crippen molar-refractivity contribution < 1.29 is 19.6 Å². The molecule has 9 heteroatoms. The molecule has 1 aromatic carbocycles. The van der Waals surface area contributed by atoms with E-state index in [0.29, 0.717) is 11.1 Å². The number of hydrogen-bond donors (Lipinski definition) is 2. The van der Waals surface area contributed by atoms with Crippen LogP contribution in [0.4, 0.5) is 5.69 Å². The average molecular weight is 317 g/mol. The number of aromatic amines is 1. The second-order valence-electron chi connectivity index (χ2n) is 4.33. The summed E-state index contributed by atoms with van der Waals surface area (Å²) in [5, 5.41) is 20.0. The predicted molar refractivity (Wildman–Crippen MR) is 79.9 cm³/mol. The molecule has 9 nitrogen and oxygen atoms in total. The molecule has 0 aliphatic carbocycles. The molecular formula is C14H11N3O6. The van der Waals surface area contributed by atoms with E-state index in [1.165, 1.54) is 13.2 Å². The van der Waals surface area contributed by atoms with E-state index < -0.39 is 28.0 Å². The second kappa shape index (κ2) is 6.52. The highest BCUT2D eigenvalue weighted by Crippen LogP contribution is 2.17. The number of H-pyrrole nitrogens is 1. The highest BCUT2D eigenvalue weighted by Gasteiger charge is 2.21. The summed E-state index contributed by atoms with van der Waals surface area (Å²) in [6.45, 7) is 0. The summed E-state index contributed by atoms with van der Waals surface area (Å²) in [7, 11) is 1.28. The Hall–Kier alpha value is -3.49. The Morgan fingerprint density at radius 1 is 1.35 bits per heavy atom. The Kier molecular flexibility index (Phi) is 4.50. The van der Waals surface area contributed by atoms with Crippen molar-refractivity contribution in [1.29, 1.82) is 0 Å². The number of benzene rings is 1. The van der Waals surface area contributed by atoms with E-state index in [0.717, 1.165) is 0 Å². The average Bonchev–Trinajstić information content (AvgIpc) is 2.51. The lowest BCUT2D eigenvalue weighted by Crippen LogP contribution is -2.14. The first kappa shape index (κ1) is 15.9. The van der Waals surface area contributed by atoms with Gasteiger partial charge in [0, 0.05) is 0 Å². The molecule has 2 rings (SSSR count). The van der Waals surface area contributed by atoms with Gasteiger partial charge in [0.15, 0.2) is 0 Å². The molecule has 23 heavy (non-hydrogen) atoms. The van der Waals surface area contributed by atoms with Gasteiger partial charge in [-0.15, -0.1) is 0 Å². The molecule has 1 heterocycles. The van der Waals surface area contributed by atoms with Gasteiger partial charge in [0.2, 0.25) is 0 Å². The number of rotatable bonds is 4. The first-order valence-electron chi connectivity index (χ1n) is 6.26. The van der Waals surface area contributed by atoms with Gasteiger partial charge in [0.25, 0.3) is 5.88 Å². The van der Waals surface area contributed by atoms with Crippen LogP contribution < -0.4 is 5.56 Å². The number of methoxy groups -OCH3 is 1. The van der Waals surface area contributed by atoms with Gasteiger partial charge >= 0.3 is 17.2 Å². The molecule has 0 atom stereocenters. The minimum atomic E-state index is -1.05. The quantitative estimate of drug-likeness (QED) is 0.493. The molecule has 0 saturated heterocycles. The fourth-order valence-corrected chi connectivity index (χ4v) is 1.74. The molecule has 2 N–H and O–H groups in total. The highest BCUT2D eigenvalue weighted by atomic mass is 16.6. The molecule has 0 radical (unpaired) electrons. The lowest BCUT2D eigenvalue weighted by molar-refractivity contribution is -0.387. The summed E-state index contributed by atoms with van der Waals surface area (Å²) in [5.41, 5.74) is -1.00. The molecule has 0 fully saturated rings. The van der Waals surface area contributed by atoms with Gasteiger partial charge in [-0.25, -0.2) is 4.79 Å². The zero-order valence-electron chi connectivity index (χ0n) is 11.8. The van der Waals surface area contributed by atoms with Crippen LogP contribution in [0, 0.1) is 10.1 Å². The van der Waals surface area contributed by atoms with Crippen LogP contribution in [0.5, 0.6) is 5.88 Å². The third-order valence-electron chi connectivity index (χ3n) is 2.84. The monoisotopic (exact) mass is 317 g/mol. The van der Waals surface area contributed by atoms with E-state index in [2.05, 4.69) is 14.7 Å². The summed E-state index contributed by atoms with van der Waals surface area (Å²) in [6.07, 6.45) is 2.91. The molecule has 0 unspecified atom stereocenters. The van der Waals surface area contributed by atoms with E-state index in [9.17, 15) is 24.8 Å². The van der Waals surface area contributed by atoms with Crippen LogP contribution in [-0.2, 0) is 4.74 Å². The van der Waals surface area contributed by atoms with Gasteiger partial charge in [0.1, 0.15) is 5.82 Å². The largest absolute Gasteiger partial charge is 0.488 e. The fourth-order valence-electron chi connectivity index (χ4n) is 1.74. The normalized spacial score (nSPS) is 10.7. The summed E-state index contributed by atoms with van der Waals surface area (Å²) in [6, 6.07) is 6.36. The Labute approximate surface area is 129 Å². The Bertz CT molecular complexity index is 839. The maximum Gasteiger partial charge on any atom is 0.395 e. The third-order valence-corrected chi connectivity index (χ3v) is 2.84. The van der Waals surface area contributed by atoms with Crippen molar-refractivity contribution in [2.45, 2.75) is 0 Å². The van der Waals surface area contributed by atoms with Crippen molar-refractivity contribution in [3.05, 3.63) is 61.7 Å². The van der Waals surface area contributed by atoms with E-state index >= 15 is 0 Å². The van der Waals surface area contributed by atoms with Gasteiger partial charge in [0.05, 0.1) is 17.6 Å². The van der Waals surface area contributed by atoms with Gasteiger partial charge in [-0.05, 0) is 23.8 Å². The molecule has 0 amide bonds. The number of carbonyl (C=O) groups excluding carboxylic acids is 1. The lowest BCUT2D eigenvalue weighted by atomic mass is 10.1. The number of nitrogens with one attached hydrogen (secondary N) is 1. The van der Waals surface area contributed by atoms with Crippen molar-refractivity contribution in [2.24, 2.45) is 0 Å². The number of nitro groups is 1. The predicted octanol–water partition coefficient (Wildman–Crippen LogP) is 1.34. The van der Waals surface area contributed by atoms with Crippen molar-refractivity contribution >= 4 is 23.8 Å². The molecule has 2 aromatic rings. The molecule has 0 bridgehead atoms. The number of carbonyl (C=O) groups is 1. The van der Waals surface area contributed by atoms with Crippen molar-refractivity contribution in [3.63, 3.8) is 0 Å². The molecular weight excluding hydrogens is 306 g/mol. The first-order valence-corrected chi connectivity index (χ1v) is 6.26. The maximum absolute atomic E-state index is 11.5. The zero-order chi connectivity index (χ0) is 17.0.